The standard InChI is InChI=1S/C14H14ClNO6S2/c1-21-12-8-10(9-13(22-2)14(12)23(15,17)18)16-24(19,20)11-6-4-3-5-7-11/h3-9,16H,1-2H3. The maximum Gasteiger partial charge on any atom is 0.268 e. The van der Waals surface area contributed by atoms with Crippen LogP contribution in [0.1, 0.15) is 0 Å². The molecule has 0 bridgehead atoms. The summed E-state index contributed by atoms with van der Waals surface area (Å²) < 4.78 is 60.4. The molecule has 2 aromatic carbocycles. The Bertz CT molecular complexity index is 917. The lowest BCUT2D eigenvalue weighted by atomic mass is 10.3. The average Bonchev–Trinajstić information content (AvgIpc) is 2.53. The van der Waals surface area contributed by atoms with Crippen molar-refractivity contribution < 1.29 is 26.3 Å². The molecule has 0 amide bonds. The zero-order chi connectivity index (χ0) is 18.0. The van der Waals surface area contributed by atoms with Gasteiger partial charge in [0.2, 0.25) is 0 Å². The van der Waals surface area contributed by atoms with Gasteiger partial charge in [-0.1, -0.05) is 18.2 Å². The van der Waals surface area contributed by atoms with Gasteiger partial charge in [-0.25, -0.2) is 16.8 Å². The maximum atomic E-state index is 12.3. The van der Waals surface area contributed by atoms with Crippen LogP contribution in [-0.2, 0) is 19.1 Å². The summed E-state index contributed by atoms with van der Waals surface area (Å²) in [7, 11) is -0.166. The molecule has 0 saturated carbocycles. The van der Waals surface area contributed by atoms with E-state index >= 15 is 0 Å². The summed E-state index contributed by atoms with van der Waals surface area (Å²) in [5.41, 5.74) is 0.0663. The van der Waals surface area contributed by atoms with Crippen molar-refractivity contribution in [3.8, 4) is 11.5 Å². The minimum absolute atomic E-state index is 0.0528. The highest BCUT2D eigenvalue weighted by Crippen LogP contribution is 2.39. The van der Waals surface area contributed by atoms with E-state index in [0.717, 1.165) is 0 Å². The van der Waals surface area contributed by atoms with Gasteiger partial charge in [0.1, 0.15) is 11.5 Å². The molecule has 0 atom stereocenters. The number of rotatable bonds is 6. The third kappa shape index (κ3) is 3.92. The lowest BCUT2D eigenvalue weighted by molar-refractivity contribution is 0.374. The van der Waals surface area contributed by atoms with Crippen molar-refractivity contribution >= 4 is 35.4 Å². The Labute approximate surface area is 144 Å². The molecule has 2 rings (SSSR count). The molecule has 0 spiro atoms. The monoisotopic (exact) mass is 391 g/mol. The van der Waals surface area contributed by atoms with Crippen LogP contribution >= 0.6 is 10.7 Å². The van der Waals surface area contributed by atoms with Gasteiger partial charge in [0.15, 0.2) is 4.90 Å². The molecule has 0 radical (unpaired) electrons. The molecule has 2 aromatic rings. The van der Waals surface area contributed by atoms with Crippen LogP contribution in [0.4, 0.5) is 5.69 Å². The van der Waals surface area contributed by atoms with E-state index in [1.807, 2.05) is 0 Å². The zero-order valence-electron chi connectivity index (χ0n) is 12.7. The molecule has 0 aromatic heterocycles. The zero-order valence-corrected chi connectivity index (χ0v) is 15.1. The molecule has 24 heavy (non-hydrogen) atoms. The second-order valence-corrected chi connectivity index (χ2v) is 8.75. The van der Waals surface area contributed by atoms with E-state index in [9.17, 15) is 16.8 Å². The predicted octanol–water partition coefficient (Wildman–Crippen LogP) is 2.43. The van der Waals surface area contributed by atoms with Gasteiger partial charge in [-0.2, -0.15) is 0 Å². The lowest BCUT2D eigenvalue weighted by Gasteiger charge is -2.14. The molecule has 0 aliphatic rings. The summed E-state index contributed by atoms with van der Waals surface area (Å²) in [5, 5.41) is 0. The fourth-order valence-corrected chi connectivity index (χ4v) is 4.28. The molecule has 7 nitrogen and oxygen atoms in total. The summed E-state index contributed by atoms with van der Waals surface area (Å²) in [5.74, 6) is -0.287. The Morgan fingerprint density at radius 3 is 1.83 bits per heavy atom. The van der Waals surface area contributed by atoms with Gasteiger partial charge in [-0.3, -0.25) is 4.72 Å². The summed E-state index contributed by atoms with van der Waals surface area (Å²) in [6.07, 6.45) is 0. The number of benzene rings is 2. The molecule has 0 fully saturated rings. The van der Waals surface area contributed by atoms with Crippen molar-refractivity contribution in [2.24, 2.45) is 0 Å². The summed E-state index contributed by atoms with van der Waals surface area (Å²) >= 11 is 0. The number of methoxy groups -OCH3 is 2. The molecule has 0 unspecified atom stereocenters. The first kappa shape index (κ1) is 18.4. The van der Waals surface area contributed by atoms with Gasteiger partial charge in [0.05, 0.1) is 24.8 Å². The third-order valence-electron chi connectivity index (χ3n) is 3.01. The highest BCUT2D eigenvalue weighted by atomic mass is 35.7. The van der Waals surface area contributed by atoms with Crippen molar-refractivity contribution in [2.45, 2.75) is 9.79 Å². The molecule has 0 aliphatic carbocycles. The van der Waals surface area contributed by atoms with E-state index in [2.05, 4.69) is 4.72 Å². The molecule has 10 heteroatoms. The number of hydrogen-bond acceptors (Lipinski definition) is 6. The van der Waals surface area contributed by atoms with Crippen molar-refractivity contribution in [3.63, 3.8) is 0 Å². The number of anilines is 1. The first-order chi connectivity index (χ1) is 11.2. The van der Waals surface area contributed by atoms with E-state index in [0.29, 0.717) is 0 Å². The Hall–Kier alpha value is -1.97. The average molecular weight is 392 g/mol. The van der Waals surface area contributed by atoms with E-state index < -0.39 is 19.1 Å². The first-order valence-corrected chi connectivity index (χ1v) is 10.3. The van der Waals surface area contributed by atoms with Gasteiger partial charge in [-0.05, 0) is 12.1 Å². The van der Waals surface area contributed by atoms with E-state index in [1.54, 1.807) is 18.2 Å². The SMILES string of the molecule is COc1cc(NS(=O)(=O)c2ccccc2)cc(OC)c1S(=O)(=O)Cl. The van der Waals surface area contributed by atoms with Crippen molar-refractivity contribution in [1.29, 1.82) is 0 Å². The Morgan fingerprint density at radius 2 is 1.42 bits per heavy atom. The Kier molecular flexibility index (Phi) is 5.26. The molecular formula is C14H14ClNO6S2. The predicted molar refractivity (Wildman–Crippen MR) is 89.8 cm³/mol. The Morgan fingerprint density at radius 1 is 0.917 bits per heavy atom. The third-order valence-corrected chi connectivity index (χ3v) is 5.76. The van der Waals surface area contributed by atoms with Crippen LogP contribution in [0.15, 0.2) is 52.3 Å². The molecule has 1 N–H and O–H groups in total. The van der Waals surface area contributed by atoms with Crippen LogP contribution in [0, 0.1) is 0 Å². The van der Waals surface area contributed by atoms with Gasteiger partial charge < -0.3 is 9.47 Å². The smallest absolute Gasteiger partial charge is 0.268 e. The normalized spacial score (nSPS) is 11.8. The topological polar surface area (TPSA) is 98.8 Å². The molecular weight excluding hydrogens is 378 g/mol. The van der Waals surface area contributed by atoms with Gasteiger partial charge in [-0.15, -0.1) is 0 Å². The minimum Gasteiger partial charge on any atom is -0.495 e. The van der Waals surface area contributed by atoms with Crippen LogP contribution in [0.2, 0.25) is 0 Å². The highest BCUT2D eigenvalue weighted by molar-refractivity contribution is 8.14. The minimum atomic E-state index is -4.16. The summed E-state index contributed by atoms with van der Waals surface area (Å²) in [6.45, 7) is 0. The first-order valence-electron chi connectivity index (χ1n) is 6.47. The largest absolute Gasteiger partial charge is 0.495 e. The van der Waals surface area contributed by atoms with Crippen molar-refractivity contribution in [2.75, 3.05) is 18.9 Å². The quantitative estimate of drug-likeness (QED) is 0.759. The van der Waals surface area contributed by atoms with Crippen LogP contribution in [-0.4, -0.2) is 31.1 Å². The molecule has 130 valence electrons. The van der Waals surface area contributed by atoms with E-state index in [1.165, 1.54) is 38.5 Å². The molecule has 0 aliphatic heterocycles. The van der Waals surface area contributed by atoms with Crippen molar-refractivity contribution in [3.05, 3.63) is 42.5 Å². The number of hydrogen-bond donors (Lipinski definition) is 1. The van der Waals surface area contributed by atoms with Crippen LogP contribution < -0.4 is 14.2 Å². The van der Waals surface area contributed by atoms with Crippen molar-refractivity contribution in [1.82, 2.24) is 0 Å². The van der Waals surface area contributed by atoms with Gasteiger partial charge in [0.25, 0.3) is 19.1 Å². The summed E-state index contributed by atoms with van der Waals surface area (Å²) in [6, 6.07) is 10.1. The van der Waals surface area contributed by atoms with Crippen LogP contribution in [0.3, 0.4) is 0 Å². The number of nitrogens with one attached hydrogen (secondary N) is 1. The van der Waals surface area contributed by atoms with E-state index in [4.69, 9.17) is 20.2 Å². The lowest BCUT2D eigenvalue weighted by Crippen LogP contribution is -2.13. The maximum absolute atomic E-state index is 12.3. The van der Waals surface area contributed by atoms with Crippen LogP contribution in [0.5, 0.6) is 11.5 Å². The number of ether oxygens (including phenoxy) is 2. The second kappa shape index (κ2) is 6.88. The van der Waals surface area contributed by atoms with E-state index in [-0.39, 0.29) is 27.0 Å². The molecule has 0 heterocycles. The fourth-order valence-electron chi connectivity index (χ4n) is 1.99. The summed E-state index contributed by atoms with van der Waals surface area (Å²) in [4.78, 5) is -0.325. The van der Waals surface area contributed by atoms with Crippen LogP contribution in [0.25, 0.3) is 0 Å². The second-order valence-electron chi connectivity index (χ2n) is 4.57. The fraction of sp³-hybridized carbons (Fsp3) is 0.143. The highest BCUT2D eigenvalue weighted by Gasteiger charge is 2.25. The Balaban J connectivity index is 2.54. The van der Waals surface area contributed by atoms with Gasteiger partial charge >= 0.3 is 0 Å². The molecule has 0 saturated heterocycles. The number of sulfonamides is 1. The number of halogens is 1. The van der Waals surface area contributed by atoms with Gasteiger partial charge in [0, 0.05) is 22.8 Å².